The van der Waals surface area contributed by atoms with Crippen molar-refractivity contribution in [3.63, 3.8) is 0 Å². The first-order valence-electron chi connectivity index (χ1n) is 30.6. The third-order valence-corrected chi connectivity index (χ3v) is 18.9. The van der Waals surface area contributed by atoms with Crippen molar-refractivity contribution in [1.29, 1.82) is 0 Å². The highest BCUT2D eigenvalue weighted by molar-refractivity contribution is 6.30. The number of halogens is 1. The maximum atomic E-state index is 14.7. The second kappa shape index (κ2) is 29.1. The number of methoxy groups -OCH3 is 1. The van der Waals surface area contributed by atoms with E-state index in [9.17, 15) is 54.9 Å². The van der Waals surface area contributed by atoms with E-state index in [1.807, 2.05) is 19.1 Å². The number of hydrogen-bond acceptors (Lipinski definition) is 20. The van der Waals surface area contributed by atoms with E-state index < -0.39 is 150 Å². The first kappa shape index (κ1) is 69.2. The van der Waals surface area contributed by atoms with Crippen molar-refractivity contribution in [3.05, 3.63) is 60.2 Å². The number of aliphatic hydroxyl groups excluding tert-OH is 5. The van der Waals surface area contributed by atoms with Gasteiger partial charge in [-0.15, -0.1) is 0 Å². The smallest absolute Gasteiger partial charge is 0.302 e. The largest absolute Gasteiger partial charge is 0.462 e. The zero-order valence-electron chi connectivity index (χ0n) is 51.0. The molecule has 6 fully saturated rings. The summed E-state index contributed by atoms with van der Waals surface area (Å²) in [5.41, 5.74) is -0.401. The van der Waals surface area contributed by atoms with Gasteiger partial charge in [-0.2, -0.15) is 0 Å². The Morgan fingerprint density at radius 3 is 2.15 bits per heavy atom. The Bertz CT molecular complexity index is 2430. The second-order valence-electron chi connectivity index (χ2n) is 26.4. The second-order valence-corrected chi connectivity index (χ2v) is 26.9. The third-order valence-electron chi connectivity index (χ3n) is 18.8. The normalized spacial score (nSPS) is 44.2. The molecule has 85 heavy (non-hydrogen) atoms. The number of aliphatic hydroxyl groups is 7. The SMILES string of the molecule is C=C(Cl)C=C[C@@H](O)CC(=C)C[C@H]1O[C@@H]2[C@H](C)[C@@H](CC(=O)C[C@H]3C[C@H](OC(C)=O)C[C@@]4(C[C@@](C)(O)C[C@H](CC(=C)[C@@H](C)C(OC(C)=O)[C@@H](C)C(=O)C[C@@H]5C[C@@H](OC)C[C@@]6(C[C@@H](O)C[C@H](C=CCCC[C@H]7O[C@](O)(C[C@H](O)[C@H]7C)[C@H]2O)O6)O5)O4)O3)[C@@H]1O. The number of carbonyl (C=O) groups excluding carboxylic acids is 4. The topological polar surface area (TPSA) is 293 Å². The summed E-state index contributed by atoms with van der Waals surface area (Å²) >= 11 is 5.90. The van der Waals surface area contributed by atoms with Crippen molar-refractivity contribution < 1.29 is 97.6 Å². The minimum absolute atomic E-state index is 0.00858. The lowest BCUT2D eigenvalue weighted by molar-refractivity contribution is -0.349. The highest BCUT2D eigenvalue weighted by Crippen LogP contribution is 2.49. The molecule has 10 bridgehead atoms. The Kier molecular flexibility index (Phi) is 23.7. The lowest BCUT2D eigenvalue weighted by atomic mass is 9.72. The number of Topliss-reactive ketones (excluding diaryl/α,β-unsaturated/α-hetero) is 2. The summed E-state index contributed by atoms with van der Waals surface area (Å²) in [6.07, 6.45) is -5.87. The molecule has 0 radical (unpaired) electrons. The maximum absolute atomic E-state index is 14.7. The van der Waals surface area contributed by atoms with Crippen LogP contribution in [-0.4, -0.2) is 181 Å². The average molecular weight is 1220 g/mol. The van der Waals surface area contributed by atoms with E-state index in [1.54, 1.807) is 34.8 Å². The summed E-state index contributed by atoms with van der Waals surface area (Å²) in [6.45, 7) is 23.3. The van der Waals surface area contributed by atoms with E-state index in [-0.39, 0.29) is 106 Å². The molecule has 7 aliphatic heterocycles. The van der Waals surface area contributed by atoms with Gasteiger partial charge in [0.15, 0.2) is 17.4 Å². The summed E-state index contributed by atoms with van der Waals surface area (Å²) in [6, 6.07) is 0. The fraction of sp³-hybridized carbons (Fsp3) is 0.781. The molecule has 0 aromatic heterocycles. The van der Waals surface area contributed by atoms with Crippen molar-refractivity contribution in [2.24, 2.45) is 29.6 Å². The van der Waals surface area contributed by atoms with Crippen LogP contribution in [0.4, 0.5) is 0 Å². The van der Waals surface area contributed by atoms with Crippen LogP contribution < -0.4 is 0 Å². The van der Waals surface area contributed by atoms with E-state index in [4.69, 9.17) is 54.2 Å². The average Bonchev–Trinajstić information content (AvgIpc) is 1.35. The van der Waals surface area contributed by atoms with E-state index in [0.29, 0.717) is 43.3 Å². The minimum Gasteiger partial charge on any atom is -0.462 e. The molecule has 480 valence electrons. The van der Waals surface area contributed by atoms with Crippen molar-refractivity contribution >= 4 is 35.1 Å². The van der Waals surface area contributed by atoms with Crippen LogP contribution in [0.3, 0.4) is 0 Å². The molecular formula is C64H97ClO20. The van der Waals surface area contributed by atoms with Gasteiger partial charge in [0.05, 0.1) is 84.8 Å². The molecule has 6 saturated heterocycles. The first-order chi connectivity index (χ1) is 39.8. The molecule has 7 N–H and O–H groups in total. The summed E-state index contributed by atoms with van der Waals surface area (Å²) in [4.78, 5) is 54.6. The molecule has 0 aromatic rings. The highest BCUT2D eigenvalue weighted by Gasteiger charge is 2.57. The van der Waals surface area contributed by atoms with Crippen LogP contribution >= 0.6 is 11.6 Å². The summed E-state index contributed by atoms with van der Waals surface area (Å²) in [7, 11) is 1.58. The zero-order valence-corrected chi connectivity index (χ0v) is 51.8. The van der Waals surface area contributed by atoms with Gasteiger partial charge < -0.3 is 78.4 Å². The minimum atomic E-state index is -2.35. The molecule has 24 atom stereocenters. The van der Waals surface area contributed by atoms with Gasteiger partial charge in [0.25, 0.3) is 0 Å². The monoisotopic (exact) mass is 1220 g/mol. The standard InChI is InChI=1S/C64H97ClO20/c1-34(19-43(68)18-17-36(3)65)20-56-57(73)52-24-44(69)22-47-26-50(78-41(8)66)31-63(83-47)33-61(10,75)29-51(84-63)21-35(2)37(4)58(79-42(9)67)40(7)53(71)27-48-25-49(77-11)30-62(82-48)28-45(70)23-46(81-62)15-13-12-14-16-55-39(6)54(72)32-64(76,85-55)60(74)59(80-56)38(52)5/h13,15,17-18,37-40,43,45-52,54-60,68,70,72-76H,1-3,12,14,16,19-33H2,4-11H3/t37-,38-,39-,40+,43-,45+,46+,47+,48+,49-,50+,51+,52-,54+,55-,56-,57+,58?,59-,60+,61+,62-,63-,64-/m1/s1. The predicted octanol–water partition coefficient (Wildman–Crippen LogP) is 6.57. The lowest BCUT2D eigenvalue weighted by Crippen LogP contribution is -2.64. The summed E-state index contributed by atoms with van der Waals surface area (Å²) in [5, 5.41) is 82.9. The van der Waals surface area contributed by atoms with Crippen LogP contribution in [0.25, 0.3) is 0 Å². The van der Waals surface area contributed by atoms with E-state index in [1.165, 1.54) is 26.0 Å². The van der Waals surface area contributed by atoms with E-state index >= 15 is 0 Å². The molecule has 0 saturated carbocycles. The molecule has 0 aliphatic carbocycles. The molecule has 0 aromatic carbocycles. The maximum Gasteiger partial charge on any atom is 0.302 e. The van der Waals surface area contributed by atoms with Gasteiger partial charge in [0.1, 0.15) is 29.9 Å². The Morgan fingerprint density at radius 1 is 0.812 bits per heavy atom. The van der Waals surface area contributed by atoms with Gasteiger partial charge in [-0.3, -0.25) is 19.2 Å². The third kappa shape index (κ3) is 18.2. The van der Waals surface area contributed by atoms with Crippen molar-refractivity contribution in [1.82, 2.24) is 0 Å². The quantitative estimate of drug-likeness (QED) is 0.0729. The van der Waals surface area contributed by atoms with Crippen molar-refractivity contribution in [2.45, 2.75) is 279 Å². The molecule has 1 unspecified atom stereocenters. The van der Waals surface area contributed by atoms with Gasteiger partial charge in [0.2, 0.25) is 0 Å². The van der Waals surface area contributed by atoms with Crippen LogP contribution in [0, 0.1) is 29.6 Å². The Hall–Kier alpha value is -3.29. The number of ketones is 2. The lowest BCUT2D eigenvalue weighted by Gasteiger charge is -2.52. The number of hydrogen-bond donors (Lipinski definition) is 7. The summed E-state index contributed by atoms with van der Waals surface area (Å²) in [5.74, 6) is -10.7. The highest BCUT2D eigenvalue weighted by atomic mass is 35.5. The molecule has 7 rings (SSSR count). The number of fused-ring (bicyclic) bond motifs is 8. The Labute approximate surface area is 506 Å². The molecule has 0 amide bonds. The number of allylic oxidation sites excluding steroid dienone is 3. The van der Waals surface area contributed by atoms with Crippen LogP contribution in [0.5, 0.6) is 0 Å². The number of carbonyl (C=O) groups is 4. The number of esters is 2. The molecule has 7 heterocycles. The predicted molar refractivity (Wildman–Crippen MR) is 311 cm³/mol. The van der Waals surface area contributed by atoms with Gasteiger partial charge in [0, 0.05) is 115 Å². The van der Waals surface area contributed by atoms with Crippen LogP contribution in [0.2, 0.25) is 0 Å². The fourth-order valence-corrected chi connectivity index (χ4v) is 14.7. The van der Waals surface area contributed by atoms with Crippen LogP contribution in [0.1, 0.15) is 164 Å². The van der Waals surface area contributed by atoms with Crippen molar-refractivity contribution in [2.75, 3.05) is 7.11 Å². The molecule has 7 aliphatic rings. The number of rotatable bonds is 9. The number of ether oxygens (including phenoxy) is 9. The van der Waals surface area contributed by atoms with E-state index in [2.05, 4.69) is 19.7 Å². The first-order valence-corrected chi connectivity index (χ1v) is 31.0. The summed E-state index contributed by atoms with van der Waals surface area (Å²) < 4.78 is 57.6. The van der Waals surface area contributed by atoms with Gasteiger partial charge in [-0.05, 0) is 63.4 Å². The molecular weight excluding hydrogens is 1120 g/mol. The van der Waals surface area contributed by atoms with Gasteiger partial charge in [-0.25, -0.2) is 0 Å². The Morgan fingerprint density at radius 2 is 1.47 bits per heavy atom. The van der Waals surface area contributed by atoms with Crippen molar-refractivity contribution in [3.8, 4) is 0 Å². The molecule has 2 spiro atoms. The zero-order chi connectivity index (χ0) is 62.5. The van der Waals surface area contributed by atoms with E-state index in [0.717, 1.165) is 0 Å². The van der Waals surface area contributed by atoms with Crippen LogP contribution in [0.15, 0.2) is 60.2 Å². The van der Waals surface area contributed by atoms with Gasteiger partial charge in [-0.1, -0.05) is 88.4 Å². The molecule has 21 heteroatoms. The molecule has 20 nitrogen and oxygen atoms in total. The Balaban J connectivity index is 1.22. The van der Waals surface area contributed by atoms with Crippen LogP contribution in [-0.2, 0) is 61.8 Å². The fourth-order valence-electron chi connectivity index (χ4n) is 14.6. The van der Waals surface area contributed by atoms with Gasteiger partial charge >= 0.3 is 11.9 Å².